The molecule has 2 rings (SSSR count). The highest BCUT2D eigenvalue weighted by Gasteiger charge is 2.16. The number of thiazole rings is 1. The Morgan fingerprint density at radius 2 is 2.29 bits per heavy atom. The van der Waals surface area contributed by atoms with Gasteiger partial charge in [-0.2, -0.15) is 0 Å². The zero-order chi connectivity index (χ0) is 8.39. The van der Waals surface area contributed by atoms with Gasteiger partial charge in [0, 0.05) is 23.2 Å². The summed E-state index contributed by atoms with van der Waals surface area (Å²) in [5.74, 6) is 1.02. The number of thioether (sulfide) groups is 1. The first-order chi connectivity index (χ1) is 5.84. The summed E-state index contributed by atoms with van der Waals surface area (Å²) in [6.45, 7) is 0. The van der Waals surface area contributed by atoms with Crippen LogP contribution < -0.4 is 5.73 Å². The minimum absolute atomic E-state index is 0. The van der Waals surface area contributed by atoms with Gasteiger partial charge in [0.1, 0.15) is 0 Å². The van der Waals surface area contributed by atoms with Crippen molar-refractivity contribution in [1.82, 2.24) is 4.98 Å². The summed E-state index contributed by atoms with van der Waals surface area (Å²) in [4.78, 5) is 9.61. The summed E-state index contributed by atoms with van der Waals surface area (Å²) in [5, 5.41) is 0.726. The van der Waals surface area contributed by atoms with E-state index < -0.39 is 0 Å². The first kappa shape index (κ1) is 14.0. The van der Waals surface area contributed by atoms with Gasteiger partial charge in [-0.05, 0) is 0 Å². The Bertz CT molecular complexity index is 289. The molecule has 3 nitrogen and oxygen atoms in total. The van der Waals surface area contributed by atoms with Crippen molar-refractivity contribution < 1.29 is 0 Å². The normalized spacial score (nSPS) is 19.4. The van der Waals surface area contributed by atoms with Gasteiger partial charge in [-0.3, -0.25) is 9.98 Å². The lowest BCUT2D eigenvalue weighted by atomic mass is 10.2. The molecular weight excluding hydrogens is 261 g/mol. The van der Waals surface area contributed by atoms with Gasteiger partial charge >= 0.3 is 0 Å². The number of hydrogen-bond acceptors (Lipinski definition) is 5. The minimum Gasteiger partial charge on any atom is -0.379 e. The molecule has 0 saturated carbocycles. The molecule has 0 bridgehead atoms. The van der Waals surface area contributed by atoms with E-state index >= 15 is 0 Å². The van der Waals surface area contributed by atoms with Crippen molar-refractivity contribution in [2.75, 3.05) is 5.75 Å². The van der Waals surface area contributed by atoms with Gasteiger partial charge in [-0.25, -0.2) is 0 Å². The third kappa shape index (κ3) is 3.65. The van der Waals surface area contributed by atoms with Crippen molar-refractivity contribution in [3.05, 3.63) is 16.6 Å². The van der Waals surface area contributed by atoms with E-state index in [9.17, 15) is 0 Å². The molecule has 1 atom stereocenters. The molecule has 2 N–H and O–H groups in total. The molecule has 2 heterocycles. The lowest BCUT2D eigenvalue weighted by Crippen LogP contribution is -2.07. The molecule has 0 saturated heterocycles. The fourth-order valence-electron chi connectivity index (χ4n) is 1.12. The smallest absolute Gasteiger partial charge is 0.154 e. The van der Waals surface area contributed by atoms with Gasteiger partial charge in [0.15, 0.2) is 5.17 Å². The number of rotatable bonds is 2. The molecule has 14 heavy (non-hydrogen) atoms. The Morgan fingerprint density at radius 1 is 1.50 bits per heavy atom. The van der Waals surface area contributed by atoms with Crippen LogP contribution in [-0.4, -0.2) is 21.9 Å². The van der Waals surface area contributed by atoms with Crippen LogP contribution in [0.2, 0.25) is 0 Å². The maximum atomic E-state index is 5.55. The second kappa shape index (κ2) is 6.50. The molecular formula is C7H11Cl2N3S2. The molecule has 0 radical (unpaired) electrons. The summed E-state index contributed by atoms with van der Waals surface area (Å²) in [6, 6.07) is 0.371. The Hall–Kier alpha value is 0.0300. The Balaban J connectivity index is 0.000000845. The van der Waals surface area contributed by atoms with Gasteiger partial charge < -0.3 is 5.73 Å². The standard InChI is InChI=1S/C7H9N3S2.2ClH/c8-7-10-5(3-11-7)1-6-2-9-4-12-6;;/h2,4-5H,1,3H2,(H2,8,10);2*1H. The SMILES string of the molecule is Cl.Cl.NC1=NC(Cc2cncs2)CS1. The van der Waals surface area contributed by atoms with Gasteiger partial charge in [-0.15, -0.1) is 36.2 Å². The molecule has 0 fully saturated rings. The molecule has 80 valence electrons. The van der Waals surface area contributed by atoms with Crippen LogP contribution in [0.1, 0.15) is 4.88 Å². The van der Waals surface area contributed by atoms with E-state index in [-0.39, 0.29) is 24.8 Å². The van der Waals surface area contributed by atoms with E-state index in [1.54, 1.807) is 23.1 Å². The summed E-state index contributed by atoms with van der Waals surface area (Å²) >= 11 is 3.32. The third-order valence-electron chi connectivity index (χ3n) is 1.65. The van der Waals surface area contributed by atoms with E-state index in [2.05, 4.69) is 9.98 Å². The quantitative estimate of drug-likeness (QED) is 0.895. The van der Waals surface area contributed by atoms with Crippen LogP contribution in [0.4, 0.5) is 0 Å². The summed E-state index contributed by atoms with van der Waals surface area (Å²) in [6.07, 6.45) is 2.89. The molecule has 7 heteroatoms. The zero-order valence-corrected chi connectivity index (χ0v) is 10.5. The number of aliphatic imine (C=N–C) groups is 1. The molecule has 1 aromatic heterocycles. The van der Waals surface area contributed by atoms with E-state index in [0.717, 1.165) is 17.3 Å². The summed E-state index contributed by atoms with van der Waals surface area (Å²) < 4.78 is 0. The fraction of sp³-hybridized carbons (Fsp3) is 0.429. The van der Waals surface area contributed by atoms with Crippen molar-refractivity contribution in [2.24, 2.45) is 10.7 Å². The first-order valence-electron chi connectivity index (χ1n) is 3.68. The molecule has 1 unspecified atom stereocenters. The van der Waals surface area contributed by atoms with Crippen LogP contribution in [0.15, 0.2) is 16.7 Å². The van der Waals surface area contributed by atoms with Crippen LogP contribution in [0, 0.1) is 0 Å². The summed E-state index contributed by atoms with van der Waals surface area (Å²) in [5.41, 5.74) is 7.41. The number of nitrogens with two attached hydrogens (primary N) is 1. The number of amidine groups is 1. The average molecular weight is 272 g/mol. The van der Waals surface area contributed by atoms with E-state index in [4.69, 9.17) is 5.73 Å². The van der Waals surface area contributed by atoms with Gasteiger partial charge in [-0.1, -0.05) is 11.8 Å². The van der Waals surface area contributed by atoms with Gasteiger partial charge in [0.25, 0.3) is 0 Å². The van der Waals surface area contributed by atoms with E-state index in [1.807, 2.05) is 11.7 Å². The zero-order valence-electron chi connectivity index (χ0n) is 7.25. The van der Waals surface area contributed by atoms with E-state index in [1.165, 1.54) is 4.88 Å². The maximum absolute atomic E-state index is 5.55. The van der Waals surface area contributed by atoms with Crippen molar-refractivity contribution in [3.8, 4) is 0 Å². The van der Waals surface area contributed by atoms with Crippen molar-refractivity contribution in [1.29, 1.82) is 0 Å². The average Bonchev–Trinajstić information content (AvgIpc) is 2.63. The topological polar surface area (TPSA) is 51.3 Å². The van der Waals surface area contributed by atoms with E-state index in [0.29, 0.717) is 6.04 Å². The summed E-state index contributed by atoms with van der Waals surface area (Å²) in [7, 11) is 0. The first-order valence-corrected chi connectivity index (χ1v) is 5.54. The van der Waals surface area contributed by atoms with Crippen LogP contribution in [0.25, 0.3) is 0 Å². The van der Waals surface area contributed by atoms with Crippen LogP contribution >= 0.6 is 47.9 Å². The van der Waals surface area contributed by atoms with Crippen LogP contribution in [0.5, 0.6) is 0 Å². The predicted molar refractivity (Wildman–Crippen MR) is 68.2 cm³/mol. The highest BCUT2D eigenvalue weighted by Crippen LogP contribution is 2.19. The third-order valence-corrected chi connectivity index (χ3v) is 3.41. The number of halogens is 2. The molecule has 0 aliphatic carbocycles. The lowest BCUT2D eigenvalue weighted by molar-refractivity contribution is 0.770. The van der Waals surface area contributed by atoms with Gasteiger partial charge in [0.2, 0.25) is 0 Å². The number of aromatic nitrogens is 1. The molecule has 0 amide bonds. The molecule has 1 aromatic rings. The van der Waals surface area contributed by atoms with Crippen LogP contribution in [0.3, 0.4) is 0 Å². The Kier molecular flexibility index (Phi) is 6.52. The highest BCUT2D eigenvalue weighted by molar-refractivity contribution is 8.14. The minimum atomic E-state index is 0. The molecule has 1 aliphatic rings. The Morgan fingerprint density at radius 3 is 2.79 bits per heavy atom. The van der Waals surface area contributed by atoms with Gasteiger partial charge in [0.05, 0.1) is 11.6 Å². The molecule has 0 spiro atoms. The number of hydrogen-bond donors (Lipinski definition) is 1. The number of nitrogens with zero attached hydrogens (tertiary/aromatic N) is 2. The molecule has 1 aliphatic heterocycles. The molecule has 0 aromatic carbocycles. The monoisotopic (exact) mass is 271 g/mol. The lowest BCUT2D eigenvalue weighted by Gasteiger charge is -2.00. The largest absolute Gasteiger partial charge is 0.379 e. The second-order valence-corrected chi connectivity index (χ2v) is 4.62. The van der Waals surface area contributed by atoms with Crippen molar-refractivity contribution >= 4 is 53.1 Å². The fourth-order valence-corrected chi connectivity index (χ4v) is 2.56. The van der Waals surface area contributed by atoms with Crippen molar-refractivity contribution in [3.63, 3.8) is 0 Å². The maximum Gasteiger partial charge on any atom is 0.154 e. The highest BCUT2D eigenvalue weighted by atomic mass is 35.5. The van der Waals surface area contributed by atoms with Crippen molar-refractivity contribution in [2.45, 2.75) is 12.5 Å². The second-order valence-electron chi connectivity index (χ2n) is 2.60. The Labute approximate surface area is 103 Å². The van der Waals surface area contributed by atoms with Crippen LogP contribution in [-0.2, 0) is 6.42 Å². The predicted octanol–water partition coefficient (Wildman–Crippen LogP) is 1.96.